The molecular formula is C37H38FN5O3. The molecule has 0 spiro atoms. The smallest absolute Gasteiger partial charge is 0.331 e. The van der Waals surface area contributed by atoms with Gasteiger partial charge in [-0.15, -0.1) is 0 Å². The van der Waals surface area contributed by atoms with E-state index in [1.807, 2.05) is 41.9 Å². The minimum absolute atomic E-state index is 0.152. The molecule has 8 nitrogen and oxygen atoms in total. The van der Waals surface area contributed by atoms with Crippen molar-refractivity contribution in [3.05, 3.63) is 88.6 Å². The summed E-state index contributed by atoms with van der Waals surface area (Å²) in [5.74, 6) is -0.676. The van der Waals surface area contributed by atoms with Gasteiger partial charge in [0.05, 0.1) is 34.2 Å². The molecule has 2 aromatic carbocycles. The summed E-state index contributed by atoms with van der Waals surface area (Å²) < 4.78 is 18.2. The molecule has 0 unspecified atom stereocenters. The van der Waals surface area contributed by atoms with Gasteiger partial charge in [0.15, 0.2) is 0 Å². The monoisotopic (exact) mass is 619 g/mol. The highest BCUT2D eigenvalue weighted by molar-refractivity contribution is 6.01. The fourth-order valence-corrected chi connectivity index (χ4v) is 7.43. The zero-order valence-corrected chi connectivity index (χ0v) is 26.4. The van der Waals surface area contributed by atoms with Crippen LogP contribution >= 0.6 is 0 Å². The lowest BCUT2D eigenvalue weighted by Crippen LogP contribution is -2.52. The highest BCUT2D eigenvalue weighted by atomic mass is 19.1. The van der Waals surface area contributed by atoms with E-state index in [1.54, 1.807) is 19.1 Å². The second-order valence-corrected chi connectivity index (χ2v) is 13.0. The first-order chi connectivity index (χ1) is 22.1. The van der Waals surface area contributed by atoms with Crippen molar-refractivity contribution in [2.45, 2.75) is 76.8 Å². The standard InChI is InChI=1S/C37H38FN5O3/c1-22(35(45)46)18-24-10-13-29-32(19-24)42(3)36(40-29)37(16-7-17-37)41-34(44)25-11-15-31-28(20-25)23(2)33(30-14-12-26(38)21-39-30)43(31)27-8-5-4-6-9-27/h10-15,18-21,27H,4-9,16-17H2,1-3H3,(H,41,44)(H,45,46)/b22-18+. The number of imidazole rings is 1. The lowest BCUT2D eigenvalue weighted by atomic mass is 9.75. The molecule has 2 saturated carbocycles. The van der Waals surface area contributed by atoms with Crippen LogP contribution in [0.5, 0.6) is 0 Å². The second-order valence-electron chi connectivity index (χ2n) is 13.0. The topological polar surface area (TPSA) is 102 Å². The molecule has 2 N–H and O–H groups in total. The number of nitrogens with one attached hydrogen (secondary N) is 1. The van der Waals surface area contributed by atoms with Crippen LogP contribution in [0.3, 0.4) is 0 Å². The van der Waals surface area contributed by atoms with Gasteiger partial charge in [0.1, 0.15) is 11.6 Å². The summed E-state index contributed by atoms with van der Waals surface area (Å²) in [6, 6.07) is 15.2. The molecule has 2 aliphatic rings. The number of carbonyl (C=O) groups is 2. The van der Waals surface area contributed by atoms with Crippen LogP contribution in [-0.4, -0.2) is 36.1 Å². The molecule has 5 aromatic rings. The summed E-state index contributed by atoms with van der Waals surface area (Å²) in [5.41, 5.74) is 6.53. The predicted molar refractivity (Wildman–Crippen MR) is 177 cm³/mol. The molecule has 2 fully saturated rings. The summed E-state index contributed by atoms with van der Waals surface area (Å²) in [5, 5.41) is 13.7. The number of hydrogen-bond donors (Lipinski definition) is 2. The number of fused-ring (bicyclic) bond motifs is 2. The van der Waals surface area contributed by atoms with Crippen molar-refractivity contribution in [3.8, 4) is 11.4 Å². The first-order valence-corrected chi connectivity index (χ1v) is 16.1. The Labute approximate surface area is 267 Å². The van der Waals surface area contributed by atoms with Crippen molar-refractivity contribution in [2.24, 2.45) is 7.05 Å². The van der Waals surface area contributed by atoms with Crippen molar-refractivity contribution in [1.29, 1.82) is 0 Å². The Hall–Kier alpha value is -4.79. The maximum absolute atomic E-state index is 14.0. The number of nitrogens with zero attached hydrogens (tertiary/aromatic N) is 4. The van der Waals surface area contributed by atoms with Gasteiger partial charge in [-0.2, -0.15) is 0 Å². The zero-order chi connectivity index (χ0) is 32.2. The maximum Gasteiger partial charge on any atom is 0.331 e. The number of amides is 1. The Morgan fingerprint density at radius 1 is 1.02 bits per heavy atom. The van der Waals surface area contributed by atoms with E-state index in [9.17, 15) is 19.1 Å². The van der Waals surface area contributed by atoms with Crippen molar-refractivity contribution >= 4 is 39.9 Å². The maximum atomic E-state index is 14.0. The lowest BCUT2D eigenvalue weighted by Gasteiger charge is -2.41. The Bertz CT molecular complexity index is 2030. The van der Waals surface area contributed by atoms with E-state index in [0.29, 0.717) is 11.6 Å². The summed E-state index contributed by atoms with van der Waals surface area (Å²) in [7, 11) is 1.95. The van der Waals surface area contributed by atoms with Gasteiger partial charge in [0.25, 0.3) is 5.91 Å². The van der Waals surface area contributed by atoms with Gasteiger partial charge >= 0.3 is 5.97 Å². The molecule has 0 radical (unpaired) electrons. The van der Waals surface area contributed by atoms with E-state index in [2.05, 4.69) is 27.9 Å². The number of pyridine rings is 1. The van der Waals surface area contributed by atoms with E-state index >= 15 is 0 Å². The van der Waals surface area contributed by atoms with Crippen LogP contribution in [0.15, 0.2) is 60.3 Å². The van der Waals surface area contributed by atoms with Crippen molar-refractivity contribution in [2.75, 3.05) is 0 Å². The average Bonchev–Trinajstić information content (AvgIpc) is 3.52. The van der Waals surface area contributed by atoms with E-state index in [4.69, 9.17) is 4.98 Å². The molecule has 46 heavy (non-hydrogen) atoms. The Balaban J connectivity index is 1.24. The van der Waals surface area contributed by atoms with Crippen molar-refractivity contribution < 1.29 is 19.1 Å². The first-order valence-electron chi connectivity index (χ1n) is 16.1. The largest absolute Gasteiger partial charge is 0.478 e. The quantitative estimate of drug-likeness (QED) is 0.181. The molecule has 0 atom stereocenters. The Morgan fingerprint density at radius 2 is 1.80 bits per heavy atom. The van der Waals surface area contributed by atoms with Gasteiger partial charge in [-0.3, -0.25) is 9.78 Å². The number of aromatic nitrogens is 4. The molecule has 2 aliphatic carbocycles. The third-order valence-electron chi connectivity index (χ3n) is 10.0. The highest BCUT2D eigenvalue weighted by Gasteiger charge is 2.44. The molecule has 236 valence electrons. The fraction of sp³-hybridized carbons (Fsp3) is 0.351. The third kappa shape index (κ3) is 5.07. The molecule has 0 saturated heterocycles. The zero-order valence-electron chi connectivity index (χ0n) is 26.4. The van der Waals surface area contributed by atoms with Gasteiger partial charge in [-0.1, -0.05) is 25.3 Å². The average molecular weight is 620 g/mol. The molecule has 0 bridgehead atoms. The van der Waals surface area contributed by atoms with Crippen LogP contribution in [0.1, 0.15) is 91.6 Å². The number of halogens is 1. The molecule has 3 aromatic heterocycles. The molecule has 1 amide bonds. The van der Waals surface area contributed by atoms with Crippen LogP contribution in [0.4, 0.5) is 4.39 Å². The number of benzene rings is 2. The van der Waals surface area contributed by atoms with Crippen molar-refractivity contribution in [3.63, 3.8) is 0 Å². The summed E-state index contributed by atoms with van der Waals surface area (Å²) >= 11 is 0. The molecule has 0 aliphatic heterocycles. The van der Waals surface area contributed by atoms with E-state index in [-0.39, 0.29) is 17.3 Å². The van der Waals surface area contributed by atoms with Gasteiger partial charge < -0.3 is 19.6 Å². The predicted octanol–water partition coefficient (Wildman–Crippen LogP) is 7.84. The van der Waals surface area contributed by atoms with Gasteiger partial charge in [-0.25, -0.2) is 14.2 Å². The number of carboxylic acid groups (broad SMARTS) is 1. The Kier molecular flexibility index (Phi) is 7.50. The molecule has 3 heterocycles. The van der Waals surface area contributed by atoms with E-state index in [1.165, 1.54) is 31.5 Å². The molecule has 9 heteroatoms. The summed E-state index contributed by atoms with van der Waals surface area (Å²) in [4.78, 5) is 34.7. The SMILES string of the molecule is C/C(=C\c1ccc2nc(C3(NC(=O)c4ccc5c(c4)c(C)c(-c4ccc(F)cn4)n5C4CCCCC4)CCC3)n(C)c2c1)C(=O)O. The van der Waals surface area contributed by atoms with Crippen LogP contribution in [0.2, 0.25) is 0 Å². The van der Waals surface area contributed by atoms with Crippen molar-refractivity contribution in [1.82, 2.24) is 24.4 Å². The van der Waals surface area contributed by atoms with E-state index in [0.717, 1.165) is 82.4 Å². The number of hydrogen-bond acceptors (Lipinski definition) is 4. The summed E-state index contributed by atoms with van der Waals surface area (Å²) in [6.07, 6.45) is 11.2. The van der Waals surface area contributed by atoms with Gasteiger partial charge in [-0.05, 0) is 106 Å². The number of carbonyl (C=O) groups excluding carboxylic acids is 1. The minimum atomic E-state index is -0.954. The Morgan fingerprint density at radius 3 is 2.48 bits per heavy atom. The van der Waals surface area contributed by atoms with Crippen LogP contribution in [0, 0.1) is 12.7 Å². The number of aliphatic carboxylic acids is 1. The number of rotatable bonds is 7. The normalized spacial score (nSPS) is 16.9. The minimum Gasteiger partial charge on any atom is -0.478 e. The van der Waals surface area contributed by atoms with Crippen LogP contribution in [-0.2, 0) is 17.4 Å². The second kappa shape index (κ2) is 11.5. The first kappa shape index (κ1) is 29.9. The van der Waals surface area contributed by atoms with E-state index < -0.39 is 11.5 Å². The lowest BCUT2D eigenvalue weighted by molar-refractivity contribution is -0.132. The summed E-state index contributed by atoms with van der Waals surface area (Å²) in [6.45, 7) is 3.64. The van der Waals surface area contributed by atoms with Crippen LogP contribution in [0.25, 0.3) is 39.4 Å². The highest BCUT2D eigenvalue weighted by Crippen LogP contribution is 2.43. The number of carboxylic acids is 1. The number of aryl methyl sites for hydroxylation is 2. The van der Waals surface area contributed by atoms with Gasteiger partial charge in [0, 0.05) is 35.1 Å². The van der Waals surface area contributed by atoms with Gasteiger partial charge in [0.2, 0.25) is 0 Å². The van der Waals surface area contributed by atoms with Crippen LogP contribution < -0.4 is 5.32 Å². The molecular weight excluding hydrogens is 581 g/mol. The third-order valence-corrected chi connectivity index (χ3v) is 10.0. The fourth-order valence-electron chi connectivity index (χ4n) is 7.43. The molecule has 7 rings (SSSR count).